The molecule has 1 amide bonds. The normalized spacial score (nSPS) is 19.3. The van der Waals surface area contributed by atoms with Crippen molar-refractivity contribution in [3.8, 4) is 0 Å². The Morgan fingerprint density at radius 2 is 1.93 bits per heavy atom. The smallest absolute Gasteiger partial charge is 0.209 e. The van der Waals surface area contributed by atoms with Crippen LogP contribution < -0.4 is 5.32 Å². The summed E-state index contributed by atoms with van der Waals surface area (Å²) in [5.41, 5.74) is 0.226. The van der Waals surface area contributed by atoms with Gasteiger partial charge in [-0.3, -0.25) is 4.79 Å². The first-order valence-corrected chi connectivity index (χ1v) is 5.95. The summed E-state index contributed by atoms with van der Waals surface area (Å²) in [7, 11) is 0. The van der Waals surface area contributed by atoms with Crippen molar-refractivity contribution in [1.29, 1.82) is 0 Å². The van der Waals surface area contributed by atoms with Gasteiger partial charge in [-0.25, -0.2) is 0 Å². The van der Waals surface area contributed by atoms with E-state index in [0.717, 1.165) is 32.0 Å². The molecule has 1 rings (SSSR count). The van der Waals surface area contributed by atoms with Crippen LogP contribution >= 0.6 is 0 Å². The summed E-state index contributed by atoms with van der Waals surface area (Å²) in [5.74, 6) is 0.802. The van der Waals surface area contributed by atoms with Crippen molar-refractivity contribution in [3.05, 3.63) is 0 Å². The average molecular weight is 212 g/mol. The molecule has 0 atom stereocenters. The van der Waals surface area contributed by atoms with E-state index >= 15 is 0 Å². The van der Waals surface area contributed by atoms with E-state index < -0.39 is 0 Å². The number of likely N-dealkylation sites (tertiary alicyclic amines) is 1. The molecular formula is C12H24N2O. The molecule has 15 heavy (non-hydrogen) atoms. The van der Waals surface area contributed by atoms with Crippen molar-refractivity contribution in [3.63, 3.8) is 0 Å². The molecule has 0 aromatic rings. The maximum atomic E-state index is 10.5. The molecule has 3 heteroatoms. The van der Waals surface area contributed by atoms with Gasteiger partial charge in [0.25, 0.3) is 0 Å². The first kappa shape index (κ1) is 12.5. The highest BCUT2D eigenvalue weighted by Crippen LogP contribution is 2.19. The molecule has 0 spiro atoms. The van der Waals surface area contributed by atoms with Crippen LogP contribution in [0.1, 0.15) is 40.0 Å². The van der Waals surface area contributed by atoms with Gasteiger partial charge in [0.2, 0.25) is 6.41 Å². The van der Waals surface area contributed by atoms with Gasteiger partial charge < -0.3 is 10.2 Å². The maximum absolute atomic E-state index is 10.5. The molecule has 0 aromatic heterocycles. The van der Waals surface area contributed by atoms with Gasteiger partial charge in [-0.05, 0) is 52.5 Å². The Balaban J connectivity index is 2.11. The van der Waals surface area contributed by atoms with Crippen LogP contribution in [0.25, 0.3) is 0 Å². The summed E-state index contributed by atoms with van der Waals surface area (Å²) in [4.78, 5) is 12.4. The largest absolute Gasteiger partial charge is 0.345 e. The average Bonchev–Trinajstić information content (AvgIpc) is 2.17. The van der Waals surface area contributed by atoms with Crippen LogP contribution in [-0.4, -0.2) is 36.5 Å². The number of nitrogens with one attached hydrogen (secondary N) is 1. The SMILES string of the molecule is CC(C)(C)NCCC1CCN(C=O)CC1. The van der Waals surface area contributed by atoms with E-state index in [1.165, 1.54) is 19.3 Å². The Bertz CT molecular complexity index is 190. The topological polar surface area (TPSA) is 32.3 Å². The molecule has 1 aliphatic rings. The first-order chi connectivity index (χ1) is 7.01. The second-order valence-electron chi connectivity index (χ2n) is 5.55. The summed E-state index contributed by atoms with van der Waals surface area (Å²) in [6, 6.07) is 0. The fourth-order valence-corrected chi connectivity index (χ4v) is 2.00. The molecule has 1 N–H and O–H groups in total. The first-order valence-electron chi connectivity index (χ1n) is 5.95. The lowest BCUT2D eigenvalue weighted by Gasteiger charge is -2.30. The lowest BCUT2D eigenvalue weighted by atomic mass is 9.93. The Hall–Kier alpha value is -0.570. The molecule has 0 aromatic carbocycles. The third-order valence-corrected chi connectivity index (χ3v) is 3.01. The van der Waals surface area contributed by atoms with Crippen LogP contribution in [0.5, 0.6) is 0 Å². The molecule has 1 heterocycles. The van der Waals surface area contributed by atoms with Crippen molar-refractivity contribution >= 4 is 6.41 Å². The highest BCUT2D eigenvalue weighted by atomic mass is 16.1. The number of hydrogen-bond acceptors (Lipinski definition) is 2. The van der Waals surface area contributed by atoms with Gasteiger partial charge in [0.05, 0.1) is 0 Å². The van der Waals surface area contributed by atoms with Crippen LogP contribution in [0.3, 0.4) is 0 Å². The third kappa shape index (κ3) is 5.17. The minimum atomic E-state index is 0.226. The van der Waals surface area contributed by atoms with Crippen LogP contribution in [0.15, 0.2) is 0 Å². The number of rotatable bonds is 4. The number of amides is 1. The number of hydrogen-bond donors (Lipinski definition) is 1. The second kappa shape index (κ2) is 5.50. The quantitative estimate of drug-likeness (QED) is 0.718. The van der Waals surface area contributed by atoms with Crippen LogP contribution in [0.2, 0.25) is 0 Å². The summed E-state index contributed by atoms with van der Waals surface area (Å²) in [6.07, 6.45) is 4.56. The van der Waals surface area contributed by atoms with Gasteiger partial charge in [0, 0.05) is 18.6 Å². The molecule has 0 unspecified atom stereocenters. The fourth-order valence-electron chi connectivity index (χ4n) is 2.00. The van der Waals surface area contributed by atoms with Gasteiger partial charge in [0.1, 0.15) is 0 Å². The van der Waals surface area contributed by atoms with E-state index in [1.54, 1.807) is 0 Å². The van der Waals surface area contributed by atoms with Gasteiger partial charge in [0.15, 0.2) is 0 Å². The number of carbonyl (C=O) groups excluding carboxylic acids is 1. The molecule has 0 bridgehead atoms. The molecule has 1 saturated heterocycles. The van der Waals surface area contributed by atoms with E-state index in [-0.39, 0.29) is 5.54 Å². The van der Waals surface area contributed by atoms with E-state index in [0.29, 0.717) is 0 Å². The lowest BCUT2D eigenvalue weighted by Crippen LogP contribution is -2.38. The van der Waals surface area contributed by atoms with Crippen molar-refractivity contribution in [2.45, 2.75) is 45.6 Å². The number of nitrogens with zero attached hydrogens (tertiary/aromatic N) is 1. The predicted octanol–water partition coefficient (Wildman–Crippen LogP) is 1.63. The highest BCUT2D eigenvalue weighted by Gasteiger charge is 2.18. The summed E-state index contributed by atoms with van der Waals surface area (Å²) in [5, 5.41) is 3.51. The van der Waals surface area contributed by atoms with Crippen molar-refractivity contribution < 1.29 is 4.79 Å². The molecule has 88 valence electrons. The van der Waals surface area contributed by atoms with Crippen molar-refractivity contribution in [1.82, 2.24) is 10.2 Å². The van der Waals surface area contributed by atoms with E-state index in [9.17, 15) is 4.79 Å². The zero-order chi connectivity index (χ0) is 11.3. The van der Waals surface area contributed by atoms with Crippen LogP contribution in [-0.2, 0) is 4.79 Å². The van der Waals surface area contributed by atoms with E-state index in [4.69, 9.17) is 0 Å². The lowest BCUT2D eigenvalue weighted by molar-refractivity contribution is -0.119. The fraction of sp³-hybridized carbons (Fsp3) is 0.917. The van der Waals surface area contributed by atoms with Crippen LogP contribution in [0.4, 0.5) is 0 Å². The Morgan fingerprint density at radius 1 is 1.33 bits per heavy atom. The van der Waals surface area contributed by atoms with Crippen LogP contribution in [0, 0.1) is 5.92 Å². The Morgan fingerprint density at radius 3 is 2.40 bits per heavy atom. The molecular weight excluding hydrogens is 188 g/mol. The monoisotopic (exact) mass is 212 g/mol. The minimum absolute atomic E-state index is 0.226. The zero-order valence-corrected chi connectivity index (χ0v) is 10.3. The molecule has 3 nitrogen and oxygen atoms in total. The zero-order valence-electron chi connectivity index (χ0n) is 10.3. The molecule has 0 saturated carbocycles. The number of carbonyl (C=O) groups is 1. The minimum Gasteiger partial charge on any atom is -0.345 e. The van der Waals surface area contributed by atoms with Gasteiger partial charge in [-0.2, -0.15) is 0 Å². The Labute approximate surface area is 93.2 Å². The van der Waals surface area contributed by atoms with Gasteiger partial charge in [-0.15, -0.1) is 0 Å². The van der Waals surface area contributed by atoms with E-state index in [1.807, 2.05) is 4.90 Å². The predicted molar refractivity (Wildman–Crippen MR) is 62.7 cm³/mol. The molecule has 0 aliphatic carbocycles. The van der Waals surface area contributed by atoms with Gasteiger partial charge >= 0.3 is 0 Å². The molecule has 0 radical (unpaired) electrons. The maximum Gasteiger partial charge on any atom is 0.209 e. The standard InChI is InChI=1S/C12H24N2O/c1-12(2,3)13-7-4-11-5-8-14(10-15)9-6-11/h10-11,13H,4-9H2,1-3H3. The second-order valence-corrected chi connectivity index (χ2v) is 5.55. The highest BCUT2D eigenvalue weighted by molar-refractivity contribution is 5.47. The Kier molecular flexibility index (Phi) is 4.58. The van der Waals surface area contributed by atoms with Gasteiger partial charge in [-0.1, -0.05) is 0 Å². The van der Waals surface area contributed by atoms with Crippen molar-refractivity contribution in [2.24, 2.45) is 5.92 Å². The summed E-state index contributed by atoms with van der Waals surface area (Å²) >= 11 is 0. The molecule has 1 fully saturated rings. The summed E-state index contributed by atoms with van der Waals surface area (Å²) < 4.78 is 0. The third-order valence-electron chi connectivity index (χ3n) is 3.01. The summed E-state index contributed by atoms with van der Waals surface area (Å²) in [6.45, 7) is 9.58. The van der Waals surface area contributed by atoms with Crippen molar-refractivity contribution in [2.75, 3.05) is 19.6 Å². The molecule has 1 aliphatic heterocycles. The number of piperidine rings is 1. The van der Waals surface area contributed by atoms with E-state index in [2.05, 4.69) is 26.1 Å².